The topological polar surface area (TPSA) is 76.9 Å². The smallest absolute Gasteiger partial charge is 0.345 e. The molecule has 3 heterocycles. The number of benzene rings is 1. The summed E-state index contributed by atoms with van der Waals surface area (Å²) in [5.74, 6) is -0.485. The van der Waals surface area contributed by atoms with E-state index in [1.807, 2.05) is 30.3 Å². The van der Waals surface area contributed by atoms with Crippen molar-refractivity contribution in [3.05, 3.63) is 53.3 Å². The summed E-state index contributed by atoms with van der Waals surface area (Å²) in [6, 6.07) is 8.18. The Balaban J connectivity index is 1.65. The molecule has 2 atom stereocenters. The predicted molar refractivity (Wildman–Crippen MR) is 85.9 cm³/mol. The van der Waals surface area contributed by atoms with Gasteiger partial charge in [0.15, 0.2) is 6.04 Å². The van der Waals surface area contributed by atoms with Crippen molar-refractivity contribution < 1.29 is 19.2 Å². The lowest BCUT2D eigenvalue weighted by molar-refractivity contribution is -0.146. The average Bonchev–Trinajstić information content (AvgIpc) is 3.15. The summed E-state index contributed by atoms with van der Waals surface area (Å²) >= 11 is 0. The second-order valence-corrected chi connectivity index (χ2v) is 6.07. The molecule has 1 aromatic heterocycles. The molecule has 0 N–H and O–H groups in total. The lowest BCUT2D eigenvalue weighted by Gasteiger charge is -2.28. The number of ether oxygens (including phenoxy) is 1. The zero-order valence-corrected chi connectivity index (χ0v) is 14.0. The molecule has 130 valence electrons. The van der Waals surface area contributed by atoms with Crippen molar-refractivity contribution in [3.8, 4) is 0 Å². The van der Waals surface area contributed by atoms with Gasteiger partial charge in [0.25, 0.3) is 0 Å². The van der Waals surface area contributed by atoms with Crippen molar-refractivity contribution in [1.29, 1.82) is 0 Å². The number of carbonyl (C=O) groups excluding carboxylic acids is 2. The maximum Gasteiger partial charge on any atom is 0.345 e. The molecule has 1 saturated heterocycles. The number of aromatic nitrogens is 2. The molecule has 2 aliphatic rings. The Hall–Kier alpha value is -2.87. The molecule has 0 spiro atoms. The van der Waals surface area contributed by atoms with E-state index in [2.05, 4.69) is 5.10 Å². The van der Waals surface area contributed by atoms with Crippen molar-refractivity contribution in [3.63, 3.8) is 0 Å². The number of nitrogens with zero attached hydrogens (tertiary/aromatic N) is 4. The molecule has 0 radical (unpaired) electrons. The molecule has 8 nitrogen and oxygen atoms in total. The van der Waals surface area contributed by atoms with E-state index in [1.54, 1.807) is 17.9 Å². The molecule has 8 heteroatoms. The number of methoxy groups -OCH3 is 1. The van der Waals surface area contributed by atoms with Crippen LogP contribution < -0.4 is 0 Å². The summed E-state index contributed by atoms with van der Waals surface area (Å²) in [4.78, 5) is 32.4. The number of fused-ring (bicyclic) bond motifs is 4. The number of amides is 2. The summed E-state index contributed by atoms with van der Waals surface area (Å²) in [6.45, 7) is 0.640. The number of hydrogen-bond acceptors (Lipinski definition) is 5. The standard InChI is InChI=1S/C17H18N4O4/c1-19-14-12(8-18-19)13-9-20(15(14)16(22)24-2)17(23)21(13)25-10-11-6-4-3-5-7-11/h3-8,13,15H,9-10H2,1-2H3/t13-,15+/m1/s1. The third-order valence-corrected chi connectivity index (χ3v) is 4.67. The lowest BCUT2D eigenvalue weighted by Crippen LogP contribution is -2.40. The molecule has 0 unspecified atom stereocenters. The Morgan fingerprint density at radius 2 is 2.08 bits per heavy atom. The van der Waals surface area contributed by atoms with Crippen LogP contribution in [0, 0.1) is 0 Å². The first-order valence-corrected chi connectivity index (χ1v) is 7.98. The van der Waals surface area contributed by atoms with Gasteiger partial charge in [0, 0.05) is 12.6 Å². The van der Waals surface area contributed by atoms with Crippen LogP contribution in [0.5, 0.6) is 0 Å². The van der Waals surface area contributed by atoms with Crippen LogP contribution >= 0.6 is 0 Å². The summed E-state index contributed by atoms with van der Waals surface area (Å²) in [6.07, 6.45) is 1.69. The summed E-state index contributed by atoms with van der Waals surface area (Å²) in [5, 5.41) is 5.59. The number of rotatable bonds is 4. The van der Waals surface area contributed by atoms with Gasteiger partial charge in [-0.15, -0.1) is 0 Å². The van der Waals surface area contributed by atoms with Gasteiger partial charge < -0.3 is 9.64 Å². The highest BCUT2D eigenvalue weighted by atomic mass is 16.7. The van der Waals surface area contributed by atoms with E-state index in [1.165, 1.54) is 17.1 Å². The molecule has 0 saturated carbocycles. The van der Waals surface area contributed by atoms with Gasteiger partial charge in [-0.3, -0.25) is 9.52 Å². The van der Waals surface area contributed by atoms with Gasteiger partial charge in [0.05, 0.1) is 25.5 Å². The van der Waals surface area contributed by atoms with Gasteiger partial charge in [-0.2, -0.15) is 10.2 Å². The van der Waals surface area contributed by atoms with Crippen LogP contribution in [-0.2, 0) is 28.0 Å². The number of aryl methyl sites for hydroxylation is 1. The molecule has 2 bridgehead atoms. The molecule has 0 aliphatic carbocycles. The molecule has 1 aromatic carbocycles. The highest BCUT2D eigenvalue weighted by Gasteiger charge is 2.53. The summed E-state index contributed by atoms with van der Waals surface area (Å²) in [5.41, 5.74) is 2.44. The second-order valence-electron chi connectivity index (χ2n) is 6.07. The predicted octanol–water partition coefficient (Wildman–Crippen LogP) is 1.56. The minimum Gasteiger partial charge on any atom is -0.467 e. The fourth-order valence-corrected chi connectivity index (χ4v) is 3.46. The Morgan fingerprint density at radius 3 is 2.80 bits per heavy atom. The van der Waals surface area contributed by atoms with E-state index >= 15 is 0 Å². The van der Waals surface area contributed by atoms with E-state index < -0.39 is 12.0 Å². The van der Waals surface area contributed by atoms with Gasteiger partial charge >= 0.3 is 12.0 Å². The van der Waals surface area contributed by atoms with Crippen LogP contribution in [0.2, 0.25) is 0 Å². The molecule has 1 fully saturated rings. The fraction of sp³-hybridized carbons (Fsp3) is 0.353. The molecule has 4 rings (SSSR count). The van der Waals surface area contributed by atoms with E-state index in [0.29, 0.717) is 12.2 Å². The Bertz CT molecular complexity index is 819. The molecule has 25 heavy (non-hydrogen) atoms. The first-order chi connectivity index (χ1) is 12.1. The molecular formula is C17H18N4O4. The molecule has 2 amide bonds. The van der Waals surface area contributed by atoms with Gasteiger partial charge in [-0.05, 0) is 5.56 Å². The van der Waals surface area contributed by atoms with Crippen molar-refractivity contribution in [2.75, 3.05) is 13.7 Å². The minimum absolute atomic E-state index is 0.273. The van der Waals surface area contributed by atoms with E-state index in [-0.39, 0.29) is 18.7 Å². The summed E-state index contributed by atoms with van der Waals surface area (Å²) in [7, 11) is 3.06. The van der Waals surface area contributed by atoms with Crippen molar-refractivity contribution in [2.24, 2.45) is 7.05 Å². The Labute approximate surface area is 144 Å². The highest BCUT2D eigenvalue weighted by Crippen LogP contribution is 2.44. The van der Waals surface area contributed by atoms with E-state index in [4.69, 9.17) is 9.57 Å². The van der Waals surface area contributed by atoms with Crippen LogP contribution in [0.3, 0.4) is 0 Å². The second kappa shape index (κ2) is 5.89. The van der Waals surface area contributed by atoms with E-state index in [9.17, 15) is 9.59 Å². The third kappa shape index (κ3) is 2.37. The lowest BCUT2D eigenvalue weighted by atomic mass is 9.98. The number of hydroxylamine groups is 2. The van der Waals surface area contributed by atoms with Crippen molar-refractivity contribution >= 4 is 12.0 Å². The molecular weight excluding hydrogens is 324 g/mol. The number of esters is 1. The number of hydrogen-bond donors (Lipinski definition) is 0. The van der Waals surface area contributed by atoms with Crippen LogP contribution in [0.25, 0.3) is 0 Å². The van der Waals surface area contributed by atoms with Crippen LogP contribution in [0.4, 0.5) is 4.79 Å². The van der Waals surface area contributed by atoms with E-state index in [0.717, 1.165) is 11.1 Å². The van der Waals surface area contributed by atoms with Gasteiger partial charge in [0.2, 0.25) is 0 Å². The summed E-state index contributed by atoms with van der Waals surface area (Å²) < 4.78 is 6.52. The number of urea groups is 1. The normalized spacial score (nSPS) is 21.4. The monoisotopic (exact) mass is 342 g/mol. The third-order valence-electron chi connectivity index (χ3n) is 4.67. The first kappa shape index (κ1) is 15.6. The zero-order valence-electron chi connectivity index (χ0n) is 14.0. The Morgan fingerprint density at radius 1 is 1.32 bits per heavy atom. The van der Waals surface area contributed by atoms with Crippen molar-refractivity contribution in [2.45, 2.75) is 18.7 Å². The first-order valence-electron chi connectivity index (χ1n) is 7.98. The zero-order chi connectivity index (χ0) is 17.6. The minimum atomic E-state index is -0.804. The van der Waals surface area contributed by atoms with Crippen LogP contribution in [0.15, 0.2) is 36.5 Å². The fourth-order valence-electron chi connectivity index (χ4n) is 3.46. The maximum absolute atomic E-state index is 12.8. The Kier molecular flexibility index (Phi) is 3.69. The average molecular weight is 342 g/mol. The largest absolute Gasteiger partial charge is 0.467 e. The van der Waals surface area contributed by atoms with Crippen molar-refractivity contribution in [1.82, 2.24) is 19.7 Å². The quantitative estimate of drug-likeness (QED) is 0.788. The van der Waals surface area contributed by atoms with Crippen LogP contribution in [0.1, 0.15) is 28.9 Å². The SMILES string of the molecule is COC(=O)[C@@H]1c2c(cnn2C)[C@H]2CN1C(=O)N2OCc1ccccc1. The van der Waals surface area contributed by atoms with Gasteiger partial charge in [-0.25, -0.2) is 9.59 Å². The molecule has 2 aliphatic heterocycles. The van der Waals surface area contributed by atoms with Crippen LogP contribution in [-0.4, -0.2) is 45.4 Å². The van der Waals surface area contributed by atoms with Gasteiger partial charge in [0.1, 0.15) is 12.6 Å². The van der Waals surface area contributed by atoms with Gasteiger partial charge in [-0.1, -0.05) is 30.3 Å². The maximum atomic E-state index is 12.8. The molecule has 2 aromatic rings. The highest BCUT2D eigenvalue weighted by molar-refractivity contribution is 5.87. The number of carbonyl (C=O) groups is 2.